The third-order valence-corrected chi connectivity index (χ3v) is 2.13. The SMILES string of the molecule is COc1cccc(N2CCOC2=O)c1. The second-order valence-corrected chi connectivity index (χ2v) is 2.97. The fourth-order valence-electron chi connectivity index (χ4n) is 1.41. The maximum atomic E-state index is 11.2. The average molecular weight is 193 g/mol. The van der Waals surface area contributed by atoms with E-state index >= 15 is 0 Å². The molecule has 1 aliphatic rings. The number of nitrogens with zero attached hydrogens (tertiary/aromatic N) is 1. The van der Waals surface area contributed by atoms with E-state index in [1.165, 1.54) is 0 Å². The van der Waals surface area contributed by atoms with Crippen LogP contribution in [-0.2, 0) is 4.74 Å². The van der Waals surface area contributed by atoms with Crippen molar-refractivity contribution in [2.45, 2.75) is 0 Å². The van der Waals surface area contributed by atoms with Crippen molar-refractivity contribution in [3.8, 4) is 5.75 Å². The molecule has 4 heteroatoms. The summed E-state index contributed by atoms with van der Waals surface area (Å²) >= 11 is 0. The van der Waals surface area contributed by atoms with E-state index < -0.39 is 0 Å². The molecule has 1 heterocycles. The Hall–Kier alpha value is -1.71. The molecule has 0 N–H and O–H groups in total. The number of ether oxygens (including phenoxy) is 2. The monoisotopic (exact) mass is 193 g/mol. The normalized spacial score (nSPS) is 15.5. The molecular formula is C10H11NO3. The Labute approximate surface area is 82.0 Å². The molecule has 0 saturated carbocycles. The van der Waals surface area contributed by atoms with Crippen molar-refractivity contribution in [3.05, 3.63) is 24.3 Å². The van der Waals surface area contributed by atoms with Crippen molar-refractivity contribution in [3.63, 3.8) is 0 Å². The van der Waals surface area contributed by atoms with Gasteiger partial charge >= 0.3 is 6.09 Å². The number of rotatable bonds is 2. The maximum absolute atomic E-state index is 11.2. The van der Waals surface area contributed by atoms with Crippen molar-refractivity contribution >= 4 is 11.8 Å². The quantitative estimate of drug-likeness (QED) is 0.716. The summed E-state index contributed by atoms with van der Waals surface area (Å²) in [5, 5.41) is 0. The highest BCUT2D eigenvalue weighted by Gasteiger charge is 2.23. The molecule has 0 aromatic heterocycles. The summed E-state index contributed by atoms with van der Waals surface area (Å²) in [4.78, 5) is 12.8. The molecular weight excluding hydrogens is 182 g/mol. The van der Waals surface area contributed by atoms with Crippen LogP contribution in [0, 0.1) is 0 Å². The van der Waals surface area contributed by atoms with Crippen molar-refractivity contribution < 1.29 is 14.3 Å². The van der Waals surface area contributed by atoms with Crippen LogP contribution >= 0.6 is 0 Å². The molecule has 0 bridgehead atoms. The first-order valence-corrected chi connectivity index (χ1v) is 4.39. The van der Waals surface area contributed by atoms with Crippen LogP contribution in [0.1, 0.15) is 0 Å². The molecule has 0 atom stereocenters. The van der Waals surface area contributed by atoms with Gasteiger partial charge in [0.05, 0.1) is 19.3 Å². The smallest absolute Gasteiger partial charge is 0.414 e. The molecule has 1 saturated heterocycles. The van der Waals surface area contributed by atoms with Crippen LogP contribution in [0.3, 0.4) is 0 Å². The van der Waals surface area contributed by atoms with Gasteiger partial charge in [0.25, 0.3) is 0 Å². The summed E-state index contributed by atoms with van der Waals surface area (Å²) < 4.78 is 9.91. The molecule has 4 nitrogen and oxygen atoms in total. The highest BCUT2D eigenvalue weighted by Crippen LogP contribution is 2.23. The van der Waals surface area contributed by atoms with Crippen molar-refractivity contribution in [2.24, 2.45) is 0 Å². The summed E-state index contributed by atoms with van der Waals surface area (Å²) in [6.45, 7) is 1.06. The summed E-state index contributed by atoms with van der Waals surface area (Å²) in [5.41, 5.74) is 0.812. The predicted molar refractivity (Wildman–Crippen MR) is 51.7 cm³/mol. The Morgan fingerprint density at radius 3 is 3.00 bits per heavy atom. The van der Waals surface area contributed by atoms with E-state index in [0.29, 0.717) is 13.2 Å². The van der Waals surface area contributed by atoms with Crippen LogP contribution in [0.2, 0.25) is 0 Å². The van der Waals surface area contributed by atoms with E-state index in [2.05, 4.69) is 0 Å². The molecule has 0 radical (unpaired) electrons. The Kier molecular flexibility index (Phi) is 2.26. The lowest BCUT2D eigenvalue weighted by Crippen LogP contribution is -2.23. The van der Waals surface area contributed by atoms with Crippen LogP contribution in [0.15, 0.2) is 24.3 Å². The minimum atomic E-state index is -0.293. The maximum Gasteiger partial charge on any atom is 0.414 e. The van der Waals surface area contributed by atoms with Gasteiger partial charge in [-0.3, -0.25) is 4.90 Å². The van der Waals surface area contributed by atoms with Crippen LogP contribution in [0.25, 0.3) is 0 Å². The minimum Gasteiger partial charge on any atom is -0.497 e. The molecule has 1 fully saturated rings. The minimum absolute atomic E-state index is 0.293. The van der Waals surface area contributed by atoms with Gasteiger partial charge in [0.1, 0.15) is 12.4 Å². The first-order chi connectivity index (χ1) is 6.81. The second-order valence-electron chi connectivity index (χ2n) is 2.97. The molecule has 14 heavy (non-hydrogen) atoms. The fourth-order valence-corrected chi connectivity index (χ4v) is 1.41. The highest BCUT2D eigenvalue weighted by molar-refractivity contribution is 5.89. The van der Waals surface area contributed by atoms with Gasteiger partial charge < -0.3 is 9.47 Å². The van der Waals surface area contributed by atoms with Gasteiger partial charge in [-0.25, -0.2) is 4.79 Å². The molecule has 0 unspecified atom stereocenters. The van der Waals surface area contributed by atoms with Crippen LogP contribution in [0.4, 0.5) is 10.5 Å². The number of cyclic esters (lactones) is 1. The van der Waals surface area contributed by atoms with Crippen molar-refractivity contribution in [2.75, 3.05) is 25.2 Å². The second kappa shape index (κ2) is 3.57. The highest BCUT2D eigenvalue weighted by atomic mass is 16.6. The predicted octanol–water partition coefficient (Wildman–Crippen LogP) is 1.65. The first kappa shape index (κ1) is 8.87. The lowest BCUT2D eigenvalue weighted by atomic mass is 10.3. The summed E-state index contributed by atoms with van der Waals surface area (Å²) in [5.74, 6) is 0.738. The number of anilines is 1. The number of hydrogen-bond acceptors (Lipinski definition) is 3. The van der Waals surface area contributed by atoms with E-state index in [1.807, 2.05) is 24.3 Å². The molecule has 0 aliphatic carbocycles. The third-order valence-electron chi connectivity index (χ3n) is 2.13. The van der Waals surface area contributed by atoms with Crippen LogP contribution in [-0.4, -0.2) is 26.4 Å². The van der Waals surface area contributed by atoms with E-state index in [0.717, 1.165) is 11.4 Å². The van der Waals surface area contributed by atoms with E-state index in [9.17, 15) is 4.79 Å². The van der Waals surface area contributed by atoms with Crippen molar-refractivity contribution in [1.29, 1.82) is 0 Å². The van der Waals surface area contributed by atoms with Crippen LogP contribution < -0.4 is 9.64 Å². The van der Waals surface area contributed by atoms with E-state index in [4.69, 9.17) is 9.47 Å². The summed E-state index contributed by atoms with van der Waals surface area (Å²) in [6, 6.07) is 7.35. The molecule has 1 amide bonds. The van der Waals surface area contributed by atoms with Gasteiger partial charge in [0.2, 0.25) is 0 Å². The molecule has 1 aliphatic heterocycles. The summed E-state index contributed by atoms with van der Waals surface area (Å²) in [7, 11) is 1.60. The Morgan fingerprint density at radius 2 is 2.36 bits per heavy atom. The third kappa shape index (κ3) is 1.51. The zero-order chi connectivity index (χ0) is 9.97. The Bertz CT molecular complexity index is 351. The molecule has 0 spiro atoms. The van der Waals surface area contributed by atoms with Gasteiger partial charge in [0, 0.05) is 6.07 Å². The number of hydrogen-bond donors (Lipinski definition) is 0. The van der Waals surface area contributed by atoms with E-state index in [-0.39, 0.29) is 6.09 Å². The van der Waals surface area contributed by atoms with Gasteiger partial charge in [-0.05, 0) is 12.1 Å². The van der Waals surface area contributed by atoms with Gasteiger partial charge in [-0.15, -0.1) is 0 Å². The zero-order valence-electron chi connectivity index (χ0n) is 7.90. The molecule has 74 valence electrons. The van der Waals surface area contributed by atoms with Gasteiger partial charge in [-0.2, -0.15) is 0 Å². The summed E-state index contributed by atoms with van der Waals surface area (Å²) in [6.07, 6.45) is -0.293. The lowest BCUT2D eigenvalue weighted by Gasteiger charge is -2.13. The number of benzene rings is 1. The van der Waals surface area contributed by atoms with Gasteiger partial charge in [-0.1, -0.05) is 6.07 Å². The molecule has 2 rings (SSSR count). The number of carbonyl (C=O) groups is 1. The number of carbonyl (C=O) groups excluding carboxylic acids is 1. The number of amides is 1. The average Bonchev–Trinajstić information content (AvgIpc) is 2.65. The Morgan fingerprint density at radius 1 is 1.50 bits per heavy atom. The number of methoxy groups -OCH3 is 1. The largest absolute Gasteiger partial charge is 0.497 e. The topological polar surface area (TPSA) is 38.8 Å². The fraction of sp³-hybridized carbons (Fsp3) is 0.300. The van der Waals surface area contributed by atoms with E-state index in [1.54, 1.807) is 12.0 Å². The molecule has 1 aromatic rings. The zero-order valence-corrected chi connectivity index (χ0v) is 7.90. The first-order valence-electron chi connectivity index (χ1n) is 4.39. The van der Waals surface area contributed by atoms with Gasteiger partial charge in [0.15, 0.2) is 0 Å². The Balaban J connectivity index is 2.26. The molecule has 1 aromatic carbocycles. The lowest BCUT2D eigenvalue weighted by molar-refractivity contribution is 0.181. The van der Waals surface area contributed by atoms with Crippen molar-refractivity contribution in [1.82, 2.24) is 0 Å². The van der Waals surface area contributed by atoms with Crippen LogP contribution in [0.5, 0.6) is 5.75 Å². The standard InChI is InChI=1S/C10H11NO3/c1-13-9-4-2-3-8(7-9)11-5-6-14-10(11)12/h2-4,7H,5-6H2,1H3.